The Bertz CT molecular complexity index is 194. The smallest absolute Gasteiger partial charge is 0.223 e. The van der Waals surface area contributed by atoms with Crippen LogP contribution in [0.1, 0.15) is 20.3 Å². The van der Waals surface area contributed by atoms with Gasteiger partial charge in [0.2, 0.25) is 5.91 Å². The largest absolute Gasteiger partial charge is 0.396 e. The molecule has 1 amide bonds. The van der Waals surface area contributed by atoms with Gasteiger partial charge in [-0.3, -0.25) is 4.79 Å². The third-order valence-electron chi connectivity index (χ3n) is 2.15. The molecule has 1 rings (SSSR count). The lowest BCUT2D eigenvalue weighted by molar-refractivity contribution is -0.138. The molecular weight excluding hydrogens is 186 g/mol. The van der Waals surface area contributed by atoms with Crippen LogP contribution in [0.2, 0.25) is 0 Å². The SMILES string of the molecule is CC(C)(S)CC(=O)N1CC(CO)C1. The number of thiol groups is 1. The second-order valence-electron chi connectivity index (χ2n) is 4.34. The normalized spacial score (nSPS) is 18.6. The minimum atomic E-state index is -0.235. The van der Waals surface area contributed by atoms with Crippen LogP contribution < -0.4 is 0 Å². The highest BCUT2D eigenvalue weighted by atomic mass is 32.1. The number of aliphatic hydroxyl groups is 1. The highest BCUT2D eigenvalue weighted by Gasteiger charge is 2.31. The molecule has 0 atom stereocenters. The van der Waals surface area contributed by atoms with E-state index in [1.54, 1.807) is 4.90 Å². The van der Waals surface area contributed by atoms with Gasteiger partial charge in [0, 0.05) is 36.8 Å². The first-order chi connectivity index (χ1) is 5.92. The molecule has 0 aromatic rings. The molecular formula is C9H17NO2S. The van der Waals surface area contributed by atoms with E-state index in [-0.39, 0.29) is 17.3 Å². The van der Waals surface area contributed by atoms with Crippen molar-refractivity contribution in [3.05, 3.63) is 0 Å². The van der Waals surface area contributed by atoms with Gasteiger partial charge in [-0.2, -0.15) is 12.6 Å². The van der Waals surface area contributed by atoms with Crippen LogP contribution in [0.5, 0.6) is 0 Å². The molecule has 1 fully saturated rings. The van der Waals surface area contributed by atoms with Crippen molar-refractivity contribution in [2.45, 2.75) is 25.0 Å². The number of likely N-dealkylation sites (tertiary alicyclic amines) is 1. The Kier molecular flexibility index (Phi) is 3.24. The van der Waals surface area contributed by atoms with Gasteiger partial charge >= 0.3 is 0 Å². The van der Waals surface area contributed by atoms with Gasteiger partial charge in [-0.25, -0.2) is 0 Å². The third kappa shape index (κ3) is 3.19. The van der Waals surface area contributed by atoms with Crippen molar-refractivity contribution in [1.82, 2.24) is 4.90 Å². The van der Waals surface area contributed by atoms with Crippen molar-refractivity contribution in [3.8, 4) is 0 Å². The molecule has 0 aromatic carbocycles. The van der Waals surface area contributed by atoms with E-state index in [0.29, 0.717) is 25.4 Å². The Balaban J connectivity index is 2.27. The number of nitrogens with zero attached hydrogens (tertiary/aromatic N) is 1. The van der Waals surface area contributed by atoms with Crippen molar-refractivity contribution < 1.29 is 9.90 Å². The van der Waals surface area contributed by atoms with Crippen LogP contribution in [0.25, 0.3) is 0 Å². The van der Waals surface area contributed by atoms with Crippen molar-refractivity contribution in [1.29, 1.82) is 0 Å². The monoisotopic (exact) mass is 203 g/mol. The molecule has 1 N–H and O–H groups in total. The van der Waals surface area contributed by atoms with Gasteiger partial charge in [-0.15, -0.1) is 0 Å². The molecule has 1 aliphatic rings. The van der Waals surface area contributed by atoms with E-state index in [1.165, 1.54) is 0 Å². The molecule has 0 aromatic heterocycles. The summed E-state index contributed by atoms with van der Waals surface area (Å²) >= 11 is 4.30. The molecule has 3 nitrogen and oxygen atoms in total. The van der Waals surface area contributed by atoms with Crippen LogP contribution in [0.3, 0.4) is 0 Å². The molecule has 0 unspecified atom stereocenters. The molecule has 0 aliphatic carbocycles. The maximum absolute atomic E-state index is 11.5. The van der Waals surface area contributed by atoms with Crippen LogP contribution >= 0.6 is 12.6 Å². The summed E-state index contributed by atoms with van der Waals surface area (Å²) in [5, 5.41) is 8.77. The lowest BCUT2D eigenvalue weighted by atomic mass is 9.99. The van der Waals surface area contributed by atoms with Gasteiger partial charge in [-0.1, -0.05) is 13.8 Å². The van der Waals surface area contributed by atoms with Crippen LogP contribution in [0.4, 0.5) is 0 Å². The zero-order valence-corrected chi connectivity index (χ0v) is 9.05. The summed E-state index contributed by atoms with van der Waals surface area (Å²) in [7, 11) is 0. The Morgan fingerprint density at radius 2 is 2.15 bits per heavy atom. The van der Waals surface area contributed by atoms with Crippen molar-refractivity contribution in [2.75, 3.05) is 19.7 Å². The molecule has 1 heterocycles. The fourth-order valence-corrected chi connectivity index (χ4v) is 1.51. The standard InChI is InChI=1S/C9H17NO2S/c1-9(2,13)3-8(12)10-4-7(5-10)6-11/h7,11,13H,3-6H2,1-2H3. The lowest BCUT2D eigenvalue weighted by Crippen LogP contribution is -2.52. The summed E-state index contributed by atoms with van der Waals surface area (Å²) in [6.45, 7) is 5.46. The Labute approximate surface area is 84.5 Å². The summed E-state index contributed by atoms with van der Waals surface area (Å²) in [6.07, 6.45) is 0.467. The fraction of sp³-hybridized carbons (Fsp3) is 0.889. The zero-order valence-electron chi connectivity index (χ0n) is 8.16. The topological polar surface area (TPSA) is 40.5 Å². The minimum absolute atomic E-state index is 0.143. The highest BCUT2D eigenvalue weighted by molar-refractivity contribution is 7.81. The van der Waals surface area contributed by atoms with E-state index in [1.807, 2.05) is 13.8 Å². The molecule has 76 valence electrons. The first-order valence-corrected chi connectivity index (χ1v) is 4.98. The van der Waals surface area contributed by atoms with Gasteiger partial charge in [0.15, 0.2) is 0 Å². The van der Waals surface area contributed by atoms with Crippen molar-refractivity contribution in [3.63, 3.8) is 0 Å². The van der Waals surface area contributed by atoms with Gasteiger partial charge in [0.1, 0.15) is 0 Å². The molecule has 1 saturated heterocycles. The van der Waals surface area contributed by atoms with Gasteiger partial charge in [0.25, 0.3) is 0 Å². The minimum Gasteiger partial charge on any atom is -0.396 e. The van der Waals surface area contributed by atoms with E-state index in [2.05, 4.69) is 12.6 Å². The molecule has 4 heteroatoms. The number of hydrogen-bond donors (Lipinski definition) is 2. The van der Waals surface area contributed by atoms with E-state index in [9.17, 15) is 4.79 Å². The quantitative estimate of drug-likeness (QED) is 0.657. The van der Waals surface area contributed by atoms with Gasteiger partial charge < -0.3 is 10.0 Å². The highest BCUT2D eigenvalue weighted by Crippen LogP contribution is 2.22. The maximum Gasteiger partial charge on any atom is 0.223 e. The second-order valence-corrected chi connectivity index (χ2v) is 5.55. The van der Waals surface area contributed by atoms with Crippen LogP contribution in [0.15, 0.2) is 0 Å². The number of hydrogen-bond acceptors (Lipinski definition) is 3. The van der Waals surface area contributed by atoms with Gasteiger partial charge in [0.05, 0.1) is 0 Å². The Morgan fingerprint density at radius 1 is 1.62 bits per heavy atom. The number of amides is 1. The van der Waals surface area contributed by atoms with Crippen molar-refractivity contribution in [2.24, 2.45) is 5.92 Å². The van der Waals surface area contributed by atoms with Crippen LogP contribution in [-0.4, -0.2) is 40.4 Å². The average Bonchev–Trinajstić information content (AvgIpc) is 1.79. The van der Waals surface area contributed by atoms with E-state index in [4.69, 9.17) is 5.11 Å². The Hall–Kier alpha value is -0.220. The first-order valence-electron chi connectivity index (χ1n) is 4.53. The average molecular weight is 203 g/mol. The first kappa shape index (κ1) is 10.9. The lowest BCUT2D eigenvalue weighted by Gasteiger charge is -2.39. The molecule has 13 heavy (non-hydrogen) atoms. The van der Waals surface area contributed by atoms with E-state index < -0.39 is 0 Å². The summed E-state index contributed by atoms with van der Waals surface area (Å²) in [5.41, 5.74) is 0. The Morgan fingerprint density at radius 3 is 2.54 bits per heavy atom. The summed E-state index contributed by atoms with van der Waals surface area (Å²) in [6, 6.07) is 0. The second kappa shape index (κ2) is 3.88. The third-order valence-corrected chi connectivity index (χ3v) is 2.31. The van der Waals surface area contributed by atoms with Crippen LogP contribution in [0, 0.1) is 5.92 Å². The molecule has 0 spiro atoms. The number of rotatable bonds is 3. The van der Waals surface area contributed by atoms with Crippen molar-refractivity contribution >= 4 is 18.5 Å². The molecule has 0 saturated carbocycles. The van der Waals surface area contributed by atoms with Crippen LogP contribution in [-0.2, 0) is 4.79 Å². The van der Waals surface area contributed by atoms with E-state index in [0.717, 1.165) is 0 Å². The molecule has 0 bridgehead atoms. The zero-order chi connectivity index (χ0) is 10.1. The molecule has 1 aliphatic heterocycles. The predicted octanol–water partition coefficient (Wildman–Crippen LogP) is 0.536. The molecule has 0 radical (unpaired) electrons. The summed E-state index contributed by atoms with van der Waals surface area (Å²) in [5.74, 6) is 0.441. The summed E-state index contributed by atoms with van der Waals surface area (Å²) in [4.78, 5) is 13.3. The van der Waals surface area contributed by atoms with Gasteiger partial charge in [-0.05, 0) is 0 Å². The predicted molar refractivity (Wildman–Crippen MR) is 54.8 cm³/mol. The number of aliphatic hydroxyl groups excluding tert-OH is 1. The fourth-order valence-electron chi connectivity index (χ4n) is 1.37. The maximum atomic E-state index is 11.5. The summed E-state index contributed by atoms with van der Waals surface area (Å²) < 4.78 is -0.235. The van der Waals surface area contributed by atoms with E-state index >= 15 is 0 Å². The number of carbonyl (C=O) groups is 1. The number of carbonyl (C=O) groups excluding carboxylic acids is 1.